The van der Waals surface area contributed by atoms with Gasteiger partial charge in [-0.3, -0.25) is 4.68 Å². The first-order valence-corrected chi connectivity index (χ1v) is 9.64. The molecule has 1 N–H and O–H groups in total. The largest absolute Gasteiger partial charge is 0.488 e. The molecule has 152 valence electrons. The third-order valence-electron chi connectivity index (χ3n) is 5.14. The number of hydrogen-bond donors (Lipinski definition) is 1. The van der Waals surface area contributed by atoms with Crippen molar-refractivity contribution in [1.82, 2.24) is 15.1 Å². The van der Waals surface area contributed by atoms with Crippen LogP contribution in [0.15, 0.2) is 60.9 Å². The fourth-order valence-corrected chi connectivity index (χ4v) is 3.55. The van der Waals surface area contributed by atoms with Crippen LogP contribution in [0.25, 0.3) is 11.1 Å². The molecular weight excluding hydrogens is 379 g/mol. The van der Waals surface area contributed by atoms with Crippen molar-refractivity contribution in [3.63, 3.8) is 0 Å². The molecule has 3 aromatic rings. The number of nitrogens with one attached hydrogen (secondary N) is 1. The average molecular weight is 401 g/mol. The van der Waals surface area contributed by atoms with Crippen LogP contribution in [0.5, 0.6) is 5.75 Å². The summed E-state index contributed by atoms with van der Waals surface area (Å²) in [5.74, 6) is -0.171. The maximum atomic E-state index is 13.7. The molecule has 1 fully saturated rings. The number of rotatable bonds is 5. The van der Waals surface area contributed by atoms with Gasteiger partial charge in [0.1, 0.15) is 12.4 Å². The molecule has 0 radical (unpaired) electrons. The van der Waals surface area contributed by atoms with Crippen molar-refractivity contribution in [3.8, 4) is 16.9 Å². The predicted molar refractivity (Wildman–Crippen MR) is 105 cm³/mol. The Morgan fingerprint density at radius 3 is 2.52 bits per heavy atom. The van der Waals surface area contributed by atoms with Gasteiger partial charge in [-0.2, -0.15) is 18.3 Å². The van der Waals surface area contributed by atoms with Gasteiger partial charge in [-0.1, -0.05) is 36.4 Å². The van der Waals surface area contributed by atoms with Crippen LogP contribution < -0.4 is 10.1 Å². The van der Waals surface area contributed by atoms with E-state index in [1.807, 2.05) is 41.2 Å². The van der Waals surface area contributed by atoms with Gasteiger partial charge in [-0.15, -0.1) is 0 Å². The van der Waals surface area contributed by atoms with Gasteiger partial charge in [0.2, 0.25) is 0 Å². The molecule has 0 spiro atoms. The zero-order chi connectivity index (χ0) is 20.3. The van der Waals surface area contributed by atoms with Crippen LogP contribution in [-0.4, -0.2) is 22.9 Å². The molecule has 0 saturated carbocycles. The van der Waals surface area contributed by atoms with Gasteiger partial charge >= 0.3 is 6.18 Å². The zero-order valence-corrected chi connectivity index (χ0v) is 15.8. The Balaban J connectivity index is 1.58. The van der Waals surface area contributed by atoms with E-state index in [-0.39, 0.29) is 18.4 Å². The first-order chi connectivity index (χ1) is 14.0. The van der Waals surface area contributed by atoms with Gasteiger partial charge < -0.3 is 10.1 Å². The van der Waals surface area contributed by atoms with Crippen LogP contribution in [0, 0.1) is 0 Å². The standard InChI is InChI=1S/C22H22F3N3O/c23-22(24,25)20-12-17(6-7-21(20)29-15-16-4-2-1-3-5-16)18-13-27-28(14-18)19-8-10-26-11-9-19/h1-7,12-14,19,26H,8-11,15H2. The quantitative estimate of drug-likeness (QED) is 0.649. The maximum Gasteiger partial charge on any atom is 0.419 e. The first-order valence-electron chi connectivity index (χ1n) is 9.64. The van der Waals surface area contributed by atoms with Crippen molar-refractivity contribution in [3.05, 3.63) is 72.1 Å². The van der Waals surface area contributed by atoms with Gasteiger partial charge in [0.15, 0.2) is 0 Å². The summed E-state index contributed by atoms with van der Waals surface area (Å²) in [6.07, 6.45) is 0.868. The van der Waals surface area contributed by atoms with Crippen LogP contribution >= 0.6 is 0 Å². The smallest absolute Gasteiger partial charge is 0.419 e. The third-order valence-corrected chi connectivity index (χ3v) is 5.14. The van der Waals surface area contributed by atoms with Crippen LogP contribution in [0.4, 0.5) is 13.2 Å². The van der Waals surface area contributed by atoms with Crippen molar-refractivity contribution in [1.29, 1.82) is 0 Å². The lowest BCUT2D eigenvalue weighted by Gasteiger charge is -2.22. The molecule has 4 rings (SSSR count). The van der Waals surface area contributed by atoms with Crippen molar-refractivity contribution >= 4 is 0 Å². The Morgan fingerprint density at radius 1 is 1.03 bits per heavy atom. The number of piperidine rings is 1. The van der Waals surface area contributed by atoms with E-state index < -0.39 is 11.7 Å². The Hall–Kier alpha value is -2.80. The van der Waals surface area contributed by atoms with E-state index in [4.69, 9.17) is 4.74 Å². The molecule has 4 nitrogen and oxygen atoms in total. The van der Waals surface area contributed by atoms with E-state index in [1.165, 1.54) is 6.07 Å². The zero-order valence-electron chi connectivity index (χ0n) is 15.8. The van der Waals surface area contributed by atoms with Crippen LogP contribution in [0.1, 0.15) is 30.0 Å². The molecule has 0 bridgehead atoms. The molecule has 1 aliphatic rings. The summed E-state index contributed by atoms with van der Waals surface area (Å²) >= 11 is 0. The number of ether oxygens (including phenoxy) is 1. The van der Waals surface area contributed by atoms with Crippen molar-refractivity contribution < 1.29 is 17.9 Å². The number of nitrogens with zero attached hydrogens (tertiary/aromatic N) is 2. The van der Waals surface area contributed by atoms with Crippen LogP contribution in [0.2, 0.25) is 0 Å². The number of halogens is 3. The molecule has 1 saturated heterocycles. The van der Waals surface area contributed by atoms with E-state index in [1.54, 1.807) is 12.3 Å². The van der Waals surface area contributed by atoms with Gasteiger partial charge in [0.05, 0.1) is 17.8 Å². The van der Waals surface area contributed by atoms with E-state index in [0.29, 0.717) is 11.1 Å². The minimum Gasteiger partial charge on any atom is -0.488 e. The summed E-state index contributed by atoms with van der Waals surface area (Å²) in [5, 5.41) is 7.68. The summed E-state index contributed by atoms with van der Waals surface area (Å²) in [4.78, 5) is 0. The molecule has 7 heteroatoms. The number of hydrogen-bond acceptors (Lipinski definition) is 3. The molecular formula is C22H22F3N3O. The second-order valence-corrected chi connectivity index (χ2v) is 7.17. The highest BCUT2D eigenvalue weighted by Crippen LogP contribution is 2.39. The first kappa shape index (κ1) is 19.5. The number of benzene rings is 2. The topological polar surface area (TPSA) is 39.1 Å². The highest BCUT2D eigenvalue weighted by molar-refractivity contribution is 5.64. The molecule has 2 aromatic carbocycles. The van der Waals surface area contributed by atoms with Gasteiger partial charge in [-0.25, -0.2) is 0 Å². The lowest BCUT2D eigenvalue weighted by atomic mass is 10.0. The summed E-state index contributed by atoms with van der Waals surface area (Å²) < 4.78 is 48.3. The lowest BCUT2D eigenvalue weighted by Crippen LogP contribution is -2.29. The molecule has 0 unspecified atom stereocenters. The normalized spacial score (nSPS) is 15.4. The fraction of sp³-hybridized carbons (Fsp3) is 0.318. The van der Waals surface area contributed by atoms with Gasteiger partial charge in [0.25, 0.3) is 0 Å². The Morgan fingerprint density at radius 2 is 1.79 bits per heavy atom. The van der Waals surface area contributed by atoms with E-state index in [0.717, 1.165) is 37.6 Å². The Bertz CT molecular complexity index is 947. The minimum atomic E-state index is -4.51. The second-order valence-electron chi connectivity index (χ2n) is 7.17. The summed E-state index contributed by atoms with van der Waals surface area (Å²) in [5.41, 5.74) is 1.18. The Kier molecular flexibility index (Phi) is 5.58. The summed E-state index contributed by atoms with van der Waals surface area (Å²) in [6.45, 7) is 1.92. The van der Waals surface area contributed by atoms with Gasteiger partial charge in [0, 0.05) is 11.8 Å². The lowest BCUT2D eigenvalue weighted by molar-refractivity contribution is -0.139. The SMILES string of the molecule is FC(F)(F)c1cc(-c2cnn(C3CCNCC3)c2)ccc1OCc1ccccc1. The highest BCUT2D eigenvalue weighted by Gasteiger charge is 2.35. The third kappa shape index (κ3) is 4.62. The molecule has 29 heavy (non-hydrogen) atoms. The van der Waals surface area contributed by atoms with Crippen molar-refractivity contribution in [2.75, 3.05) is 13.1 Å². The molecule has 2 heterocycles. The summed E-state index contributed by atoms with van der Waals surface area (Å²) in [6, 6.07) is 13.6. The fourth-order valence-electron chi connectivity index (χ4n) is 3.55. The average Bonchev–Trinajstić information content (AvgIpc) is 3.23. The summed E-state index contributed by atoms with van der Waals surface area (Å²) in [7, 11) is 0. The second kappa shape index (κ2) is 8.29. The molecule has 0 amide bonds. The molecule has 1 aliphatic heterocycles. The van der Waals surface area contributed by atoms with E-state index in [2.05, 4.69) is 10.4 Å². The molecule has 1 aromatic heterocycles. The maximum absolute atomic E-state index is 13.7. The minimum absolute atomic E-state index is 0.0803. The predicted octanol–water partition coefficient (Wildman–Crippen LogP) is 5.07. The Labute approximate surface area is 167 Å². The van der Waals surface area contributed by atoms with Crippen molar-refractivity contribution in [2.24, 2.45) is 0 Å². The van der Waals surface area contributed by atoms with E-state index in [9.17, 15) is 13.2 Å². The molecule has 0 atom stereocenters. The number of aromatic nitrogens is 2. The monoisotopic (exact) mass is 401 g/mol. The van der Waals surface area contributed by atoms with Crippen LogP contribution in [0.3, 0.4) is 0 Å². The number of alkyl halides is 3. The molecule has 0 aliphatic carbocycles. The van der Waals surface area contributed by atoms with Crippen LogP contribution in [-0.2, 0) is 12.8 Å². The highest BCUT2D eigenvalue weighted by atomic mass is 19.4. The van der Waals surface area contributed by atoms with E-state index >= 15 is 0 Å². The van der Waals surface area contributed by atoms with Gasteiger partial charge in [-0.05, 0) is 49.2 Å². The van der Waals surface area contributed by atoms with Crippen molar-refractivity contribution in [2.45, 2.75) is 31.7 Å².